The van der Waals surface area contributed by atoms with E-state index in [-0.39, 0.29) is 5.91 Å². The second kappa shape index (κ2) is 9.11. The van der Waals surface area contributed by atoms with Crippen LogP contribution < -0.4 is 14.4 Å². The van der Waals surface area contributed by atoms with Gasteiger partial charge in [-0.2, -0.15) is 4.98 Å². The van der Waals surface area contributed by atoms with Crippen molar-refractivity contribution < 1.29 is 14.3 Å². The van der Waals surface area contributed by atoms with E-state index >= 15 is 0 Å². The Labute approximate surface area is 189 Å². The van der Waals surface area contributed by atoms with Crippen LogP contribution in [-0.2, 0) is 4.79 Å². The Bertz CT molecular complexity index is 1110. The average Bonchev–Trinajstić information content (AvgIpc) is 2.91. The van der Waals surface area contributed by atoms with E-state index in [9.17, 15) is 4.79 Å². The van der Waals surface area contributed by atoms with Crippen LogP contribution >= 0.6 is 23.4 Å². The molecule has 1 aliphatic heterocycles. The molecule has 31 heavy (non-hydrogen) atoms. The first kappa shape index (κ1) is 21.4. The number of carbonyl (C=O) groups is 1. The Morgan fingerprint density at radius 2 is 2.00 bits per heavy atom. The molecule has 0 N–H and O–H groups in total. The Morgan fingerprint density at radius 3 is 2.68 bits per heavy atom. The second-order valence-electron chi connectivity index (χ2n) is 6.89. The number of ether oxygens (including phenoxy) is 2. The highest BCUT2D eigenvalue weighted by Gasteiger charge is 2.34. The van der Waals surface area contributed by atoms with Crippen molar-refractivity contribution in [2.75, 3.05) is 17.8 Å². The van der Waals surface area contributed by atoms with Gasteiger partial charge in [-0.1, -0.05) is 30.3 Å². The predicted octanol–water partition coefficient (Wildman–Crippen LogP) is 5.15. The van der Waals surface area contributed by atoms with Gasteiger partial charge in [-0.05, 0) is 55.1 Å². The van der Waals surface area contributed by atoms with E-state index in [4.69, 9.17) is 21.1 Å². The van der Waals surface area contributed by atoms with Crippen LogP contribution in [0.1, 0.15) is 32.1 Å². The zero-order valence-electron chi connectivity index (χ0n) is 17.3. The minimum Gasteiger partial charge on any atom is -0.494 e. The van der Waals surface area contributed by atoms with Gasteiger partial charge in [0.2, 0.25) is 23.2 Å². The van der Waals surface area contributed by atoms with Crippen molar-refractivity contribution in [1.82, 2.24) is 15.2 Å². The molecule has 1 amide bonds. The summed E-state index contributed by atoms with van der Waals surface area (Å²) in [6.45, 7) is 4.19. The third-order valence-electron chi connectivity index (χ3n) is 4.73. The van der Waals surface area contributed by atoms with Crippen molar-refractivity contribution in [3.63, 3.8) is 0 Å². The number of amides is 1. The molecule has 0 spiro atoms. The quantitative estimate of drug-likeness (QED) is 0.491. The standard InChI is InChI=1S/C22H21ClN4O3S/c1-4-11-29-16-8-5-14(6-9-16)21-27(13(2)28)18-10-7-15(23)12-17(18)19-20(30-21)24-22(31-3)26-25-19/h5-10,12,21H,4,11H2,1-3H3. The molecule has 1 atom stereocenters. The summed E-state index contributed by atoms with van der Waals surface area (Å²) in [5, 5.41) is 9.46. The van der Waals surface area contributed by atoms with Gasteiger partial charge in [-0.3, -0.25) is 9.69 Å². The number of anilines is 1. The van der Waals surface area contributed by atoms with E-state index < -0.39 is 6.23 Å². The lowest BCUT2D eigenvalue weighted by atomic mass is 10.1. The van der Waals surface area contributed by atoms with Crippen molar-refractivity contribution in [1.29, 1.82) is 0 Å². The Balaban J connectivity index is 1.86. The molecule has 4 rings (SSSR count). The van der Waals surface area contributed by atoms with E-state index in [1.54, 1.807) is 23.1 Å². The Morgan fingerprint density at radius 1 is 1.23 bits per heavy atom. The molecule has 2 heterocycles. The highest BCUT2D eigenvalue weighted by Crippen LogP contribution is 2.44. The molecule has 0 radical (unpaired) electrons. The van der Waals surface area contributed by atoms with E-state index in [1.807, 2.05) is 30.5 Å². The number of rotatable bonds is 5. The SMILES string of the molecule is CCCOc1ccc(C2Oc3nc(SC)nnc3-c3cc(Cl)ccc3N2C(C)=O)cc1. The van der Waals surface area contributed by atoms with Crippen LogP contribution in [0.15, 0.2) is 47.6 Å². The monoisotopic (exact) mass is 456 g/mol. The summed E-state index contributed by atoms with van der Waals surface area (Å²) in [4.78, 5) is 18.9. The van der Waals surface area contributed by atoms with Gasteiger partial charge < -0.3 is 9.47 Å². The second-order valence-corrected chi connectivity index (χ2v) is 8.10. The highest BCUT2D eigenvalue weighted by atomic mass is 35.5. The molecular formula is C22H21ClN4O3S. The Kier molecular flexibility index (Phi) is 6.29. The normalized spacial score (nSPS) is 14.8. The molecule has 0 saturated carbocycles. The van der Waals surface area contributed by atoms with Gasteiger partial charge in [0.05, 0.1) is 12.3 Å². The maximum atomic E-state index is 12.8. The fraction of sp³-hybridized carbons (Fsp3) is 0.273. The summed E-state index contributed by atoms with van der Waals surface area (Å²) in [5.41, 5.74) is 2.47. The third kappa shape index (κ3) is 4.31. The molecule has 2 aromatic carbocycles. The summed E-state index contributed by atoms with van der Waals surface area (Å²) in [6.07, 6.45) is 2.04. The summed E-state index contributed by atoms with van der Waals surface area (Å²) >= 11 is 7.62. The molecule has 1 unspecified atom stereocenters. The average molecular weight is 457 g/mol. The predicted molar refractivity (Wildman–Crippen MR) is 121 cm³/mol. The van der Waals surface area contributed by atoms with Crippen molar-refractivity contribution in [3.8, 4) is 22.9 Å². The number of halogens is 1. The summed E-state index contributed by atoms with van der Waals surface area (Å²) < 4.78 is 12.0. The molecule has 1 aliphatic rings. The van der Waals surface area contributed by atoms with Gasteiger partial charge in [0.25, 0.3) is 0 Å². The van der Waals surface area contributed by atoms with E-state index in [1.165, 1.54) is 18.7 Å². The zero-order valence-corrected chi connectivity index (χ0v) is 18.9. The minimum atomic E-state index is -0.745. The fourth-order valence-corrected chi connectivity index (χ4v) is 3.80. The molecule has 7 nitrogen and oxygen atoms in total. The van der Waals surface area contributed by atoms with Gasteiger partial charge in [0, 0.05) is 23.1 Å². The van der Waals surface area contributed by atoms with Crippen LogP contribution in [0.2, 0.25) is 5.02 Å². The van der Waals surface area contributed by atoms with Crippen molar-refractivity contribution in [3.05, 3.63) is 53.1 Å². The number of thioether (sulfide) groups is 1. The molecule has 1 aromatic heterocycles. The largest absolute Gasteiger partial charge is 0.494 e. The van der Waals surface area contributed by atoms with Gasteiger partial charge in [-0.25, -0.2) is 0 Å². The van der Waals surface area contributed by atoms with Crippen LogP contribution in [0.3, 0.4) is 0 Å². The smallest absolute Gasteiger partial charge is 0.247 e. The molecule has 0 saturated heterocycles. The first-order chi connectivity index (χ1) is 15.0. The van der Waals surface area contributed by atoms with Crippen molar-refractivity contribution in [2.45, 2.75) is 31.7 Å². The maximum absolute atomic E-state index is 12.8. The number of aromatic nitrogens is 3. The lowest BCUT2D eigenvalue weighted by Gasteiger charge is -2.30. The van der Waals surface area contributed by atoms with E-state index in [0.717, 1.165) is 17.7 Å². The summed E-state index contributed by atoms with van der Waals surface area (Å²) in [5.74, 6) is 0.864. The van der Waals surface area contributed by atoms with Crippen LogP contribution in [-0.4, -0.2) is 34.0 Å². The van der Waals surface area contributed by atoms with Gasteiger partial charge >= 0.3 is 0 Å². The van der Waals surface area contributed by atoms with Gasteiger partial charge in [0.1, 0.15) is 5.75 Å². The van der Waals surface area contributed by atoms with Crippen LogP contribution in [0.5, 0.6) is 11.6 Å². The van der Waals surface area contributed by atoms with E-state index in [2.05, 4.69) is 22.1 Å². The number of benzene rings is 2. The number of fused-ring (bicyclic) bond motifs is 3. The van der Waals surface area contributed by atoms with Crippen molar-refractivity contribution >= 4 is 35.0 Å². The lowest BCUT2D eigenvalue weighted by molar-refractivity contribution is -0.118. The minimum absolute atomic E-state index is 0.189. The first-order valence-electron chi connectivity index (χ1n) is 9.79. The third-order valence-corrected chi connectivity index (χ3v) is 5.50. The number of nitrogens with zero attached hydrogens (tertiary/aromatic N) is 4. The number of carbonyl (C=O) groups excluding carboxylic acids is 1. The molecular weight excluding hydrogens is 436 g/mol. The summed E-state index contributed by atoms with van der Waals surface area (Å²) in [7, 11) is 0. The lowest BCUT2D eigenvalue weighted by Crippen LogP contribution is -2.36. The molecule has 0 fully saturated rings. The summed E-state index contributed by atoms with van der Waals surface area (Å²) in [6, 6.07) is 12.8. The fourth-order valence-electron chi connectivity index (χ4n) is 3.33. The zero-order chi connectivity index (χ0) is 22.0. The first-order valence-corrected chi connectivity index (χ1v) is 11.4. The molecule has 0 aliphatic carbocycles. The number of hydrogen-bond acceptors (Lipinski definition) is 7. The number of hydrogen-bond donors (Lipinski definition) is 0. The topological polar surface area (TPSA) is 77.4 Å². The van der Waals surface area contributed by atoms with Crippen LogP contribution in [0.25, 0.3) is 11.3 Å². The molecule has 9 heteroatoms. The highest BCUT2D eigenvalue weighted by molar-refractivity contribution is 7.98. The van der Waals surface area contributed by atoms with Crippen LogP contribution in [0.4, 0.5) is 5.69 Å². The molecule has 160 valence electrons. The maximum Gasteiger partial charge on any atom is 0.247 e. The van der Waals surface area contributed by atoms with Gasteiger partial charge in [0.15, 0.2) is 5.69 Å². The van der Waals surface area contributed by atoms with Gasteiger partial charge in [-0.15, -0.1) is 10.2 Å². The van der Waals surface area contributed by atoms with Crippen molar-refractivity contribution in [2.24, 2.45) is 0 Å². The Hall–Kier alpha value is -2.84. The molecule has 3 aromatic rings. The molecule has 0 bridgehead atoms. The van der Waals surface area contributed by atoms with Crippen LogP contribution in [0, 0.1) is 0 Å². The van der Waals surface area contributed by atoms with E-state index in [0.29, 0.717) is 39.6 Å².